The number of rotatable bonds is 3. The second-order valence-corrected chi connectivity index (χ2v) is 7.84. The van der Waals surface area contributed by atoms with Gasteiger partial charge in [0.05, 0.1) is 17.6 Å². The molecule has 4 rings (SSSR count). The van der Waals surface area contributed by atoms with Gasteiger partial charge in [0.15, 0.2) is 6.61 Å². The van der Waals surface area contributed by atoms with Crippen LogP contribution < -0.4 is 14.9 Å². The van der Waals surface area contributed by atoms with Gasteiger partial charge < -0.3 is 10.1 Å². The molecule has 2 aromatic heterocycles. The smallest absolute Gasteiger partial charge is 0.262 e. The zero-order valence-electron chi connectivity index (χ0n) is 14.2. The van der Waals surface area contributed by atoms with Crippen LogP contribution in [0.3, 0.4) is 0 Å². The van der Waals surface area contributed by atoms with Crippen LogP contribution in [0.1, 0.15) is 9.75 Å². The Morgan fingerprint density at radius 3 is 2.96 bits per heavy atom. The van der Waals surface area contributed by atoms with Crippen LogP contribution in [0.5, 0.6) is 5.75 Å². The van der Waals surface area contributed by atoms with Crippen LogP contribution >= 0.6 is 22.7 Å². The number of benzene rings is 1. The third-order valence-corrected chi connectivity index (χ3v) is 5.69. The molecule has 0 spiro atoms. The molecule has 0 fully saturated rings. The number of aromatic nitrogens is 1. The first kappa shape index (κ1) is 16.7. The highest BCUT2D eigenvalue weighted by Gasteiger charge is 2.17. The van der Waals surface area contributed by atoms with Crippen molar-refractivity contribution in [2.45, 2.75) is 6.92 Å². The number of carbonyl (C=O) groups excluding carboxylic acids is 1. The van der Waals surface area contributed by atoms with E-state index in [-0.39, 0.29) is 12.5 Å². The Kier molecular flexibility index (Phi) is 4.44. The Bertz CT molecular complexity index is 1080. The highest BCUT2D eigenvalue weighted by atomic mass is 32.1. The van der Waals surface area contributed by atoms with Gasteiger partial charge in [-0.15, -0.1) is 22.7 Å². The highest BCUT2D eigenvalue weighted by Crippen LogP contribution is 2.32. The van der Waals surface area contributed by atoms with Crippen LogP contribution in [-0.2, 0) is 4.79 Å². The standard InChI is InChI=1S/C18H16N4O2S2/c1-11-3-5-13(26-11)8-20-22-15(10-25-18(22)19-2)12-4-6-16-14(7-12)21-17(23)9-24-16/h3-8,10H,9H2,1-2H3,(H,21,23). The Morgan fingerprint density at radius 1 is 1.31 bits per heavy atom. The van der Waals surface area contributed by atoms with Crippen molar-refractivity contribution in [3.05, 3.63) is 50.3 Å². The molecule has 26 heavy (non-hydrogen) atoms. The average Bonchev–Trinajstić information content (AvgIpc) is 3.24. The molecule has 0 aliphatic carbocycles. The summed E-state index contributed by atoms with van der Waals surface area (Å²) in [5, 5.41) is 9.47. The van der Waals surface area contributed by atoms with Crippen LogP contribution in [-0.4, -0.2) is 30.5 Å². The Labute approximate surface area is 158 Å². The number of amides is 1. The number of nitrogens with one attached hydrogen (secondary N) is 1. The van der Waals surface area contributed by atoms with Crippen molar-refractivity contribution in [3.8, 4) is 17.0 Å². The van der Waals surface area contributed by atoms with Gasteiger partial charge in [-0.25, -0.2) is 4.68 Å². The van der Waals surface area contributed by atoms with Crippen molar-refractivity contribution < 1.29 is 9.53 Å². The van der Waals surface area contributed by atoms with E-state index in [2.05, 4.69) is 28.4 Å². The summed E-state index contributed by atoms with van der Waals surface area (Å²) in [6, 6.07) is 9.84. The van der Waals surface area contributed by atoms with Crippen LogP contribution in [0.2, 0.25) is 0 Å². The zero-order chi connectivity index (χ0) is 18.1. The molecule has 0 radical (unpaired) electrons. The topological polar surface area (TPSA) is 68.0 Å². The number of thiophene rings is 1. The largest absolute Gasteiger partial charge is 0.482 e. The van der Waals surface area contributed by atoms with Gasteiger partial charge >= 0.3 is 0 Å². The summed E-state index contributed by atoms with van der Waals surface area (Å²) in [6.07, 6.45) is 1.84. The molecule has 0 saturated carbocycles. The molecule has 1 aliphatic heterocycles. The Morgan fingerprint density at radius 2 is 2.19 bits per heavy atom. The molecular formula is C18H16N4O2S2. The van der Waals surface area contributed by atoms with Gasteiger partial charge in [-0.05, 0) is 37.3 Å². The van der Waals surface area contributed by atoms with Crippen LogP contribution in [0.15, 0.2) is 45.8 Å². The van der Waals surface area contributed by atoms with Crippen LogP contribution in [0, 0.1) is 6.92 Å². The molecule has 1 amide bonds. The van der Waals surface area contributed by atoms with Gasteiger partial charge in [-0.2, -0.15) is 5.10 Å². The van der Waals surface area contributed by atoms with E-state index in [0.29, 0.717) is 11.4 Å². The fourth-order valence-corrected chi connectivity index (χ4v) is 4.19. The first-order valence-electron chi connectivity index (χ1n) is 7.95. The van der Waals surface area contributed by atoms with E-state index in [4.69, 9.17) is 4.74 Å². The maximum absolute atomic E-state index is 11.6. The average molecular weight is 384 g/mol. The fourth-order valence-electron chi connectivity index (χ4n) is 2.64. The molecule has 3 heterocycles. The minimum absolute atomic E-state index is 0.0498. The van der Waals surface area contributed by atoms with E-state index in [0.717, 1.165) is 20.9 Å². The normalized spacial score (nSPS) is 14.4. The lowest BCUT2D eigenvalue weighted by Gasteiger charge is -2.18. The molecule has 8 heteroatoms. The third kappa shape index (κ3) is 3.21. The van der Waals surface area contributed by atoms with Gasteiger partial charge in [0.1, 0.15) is 5.75 Å². The molecule has 3 aromatic rings. The lowest BCUT2D eigenvalue weighted by molar-refractivity contribution is -0.118. The lowest BCUT2D eigenvalue weighted by atomic mass is 10.1. The maximum atomic E-state index is 11.6. The Balaban J connectivity index is 1.76. The van der Waals surface area contributed by atoms with E-state index >= 15 is 0 Å². The number of anilines is 1. The molecule has 0 unspecified atom stereocenters. The van der Waals surface area contributed by atoms with E-state index in [1.54, 1.807) is 18.4 Å². The van der Waals surface area contributed by atoms with Crippen molar-refractivity contribution in [3.63, 3.8) is 0 Å². The van der Waals surface area contributed by atoms with Gasteiger partial charge in [0.25, 0.3) is 5.91 Å². The maximum Gasteiger partial charge on any atom is 0.262 e. The number of ether oxygens (including phenoxy) is 1. The molecule has 1 aliphatic rings. The minimum Gasteiger partial charge on any atom is -0.482 e. The van der Waals surface area contributed by atoms with Gasteiger partial charge in [-0.3, -0.25) is 9.79 Å². The third-order valence-electron chi connectivity index (χ3n) is 3.85. The molecule has 132 valence electrons. The summed E-state index contributed by atoms with van der Waals surface area (Å²) >= 11 is 3.21. The van der Waals surface area contributed by atoms with Crippen molar-refractivity contribution >= 4 is 40.5 Å². The SMILES string of the molecule is CN=c1scc(-c2ccc3c(c2)NC(=O)CO3)n1N=Cc1ccc(C)s1. The van der Waals surface area contributed by atoms with Gasteiger partial charge in [0, 0.05) is 27.7 Å². The van der Waals surface area contributed by atoms with E-state index in [1.807, 2.05) is 40.5 Å². The molecule has 6 nitrogen and oxygen atoms in total. The quantitative estimate of drug-likeness (QED) is 0.704. The van der Waals surface area contributed by atoms with Gasteiger partial charge in [-0.1, -0.05) is 0 Å². The van der Waals surface area contributed by atoms with Crippen molar-refractivity contribution in [2.75, 3.05) is 19.0 Å². The van der Waals surface area contributed by atoms with Crippen LogP contribution in [0.4, 0.5) is 5.69 Å². The van der Waals surface area contributed by atoms with Crippen molar-refractivity contribution in [1.29, 1.82) is 0 Å². The lowest BCUT2D eigenvalue weighted by Crippen LogP contribution is -2.25. The number of aryl methyl sites for hydroxylation is 1. The monoisotopic (exact) mass is 384 g/mol. The van der Waals surface area contributed by atoms with E-state index in [1.165, 1.54) is 16.2 Å². The zero-order valence-corrected chi connectivity index (χ0v) is 15.9. The first-order valence-corrected chi connectivity index (χ1v) is 9.65. The van der Waals surface area contributed by atoms with Crippen LogP contribution in [0.25, 0.3) is 11.3 Å². The number of hydrogen-bond donors (Lipinski definition) is 1. The molecule has 1 aromatic carbocycles. The fraction of sp³-hybridized carbons (Fsp3) is 0.167. The first-order chi connectivity index (χ1) is 12.6. The summed E-state index contributed by atoms with van der Waals surface area (Å²) < 4.78 is 7.24. The number of thiazole rings is 1. The van der Waals surface area contributed by atoms with Crippen molar-refractivity contribution in [2.24, 2.45) is 10.1 Å². The summed E-state index contributed by atoms with van der Waals surface area (Å²) in [5.74, 6) is 0.524. The second-order valence-electron chi connectivity index (χ2n) is 5.68. The summed E-state index contributed by atoms with van der Waals surface area (Å²) in [5.41, 5.74) is 2.51. The van der Waals surface area contributed by atoms with E-state index in [9.17, 15) is 4.79 Å². The minimum atomic E-state index is -0.150. The summed E-state index contributed by atoms with van der Waals surface area (Å²) in [6.45, 7) is 2.12. The number of carbonyl (C=O) groups is 1. The number of hydrogen-bond acceptors (Lipinski definition) is 6. The molecule has 1 N–H and O–H groups in total. The summed E-state index contributed by atoms with van der Waals surface area (Å²) in [4.78, 5) is 19.0. The number of fused-ring (bicyclic) bond motifs is 1. The highest BCUT2D eigenvalue weighted by molar-refractivity contribution is 7.13. The predicted molar refractivity (Wildman–Crippen MR) is 105 cm³/mol. The number of nitrogens with zero attached hydrogens (tertiary/aromatic N) is 3. The molecular weight excluding hydrogens is 368 g/mol. The summed E-state index contributed by atoms with van der Waals surface area (Å²) in [7, 11) is 1.75. The molecule has 0 bridgehead atoms. The molecule has 0 atom stereocenters. The predicted octanol–water partition coefficient (Wildman–Crippen LogP) is 3.33. The van der Waals surface area contributed by atoms with E-state index < -0.39 is 0 Å². The second kappa shape index (κ2) is 6.89. The van der Waals surface area contributed by atoms with Gasteiger partial charge in [0.2, 0.25) is 4.80 Å². The van der Waals surface area contributed by atoms with Crippen molar-refractivity contribution in [1.82, 2.24) is 4.68 Å². The Hall–Kier alpha value is -2.71. The molecule has 0 saturated heterocycles.